The van der Waals surface area contributed by atoms with Gasteiger partial charge in [0.2, 0.25) is 10.0 Å². The van der Waals surface area contributed by atoms with Crippen LogP contribution in [0.25, 0.3) is 0 Å². The Morgan fingerprint density at radius 3 is 2.57 bits per heavy atom. The highest BCUT2D eigenvalue weighted by atomic mass is 32.2. The predicted molar refractivity (Wildman–Crippen MR) is 84.5 cm³/mol. The normalized spacial score (nSPS) is 23.2. The van der Waals surface area contributed by atoms with E-state index in [-0.39, 0.29) is 5.92 Å². The number of nitrogens with zero attached hydrogens (tertiary/aromatic N) is 1. The van der Waals surface area contributed by atoms with Crippen molar-refractivity contribution in [3.8, 4) is 0 Å². The Hall–Kier alpha value is -1.39. The van der Waals surface area contributed by atoms with E-state index in [9.17, 15) is 8.42 Å². The molecule has 3 nitrogen and oxygen atoms in total. The summed E-state index contributed by atoms with van der Waals surface area (Å²) in [6.07, 6.45) is 6.47. The van der Waals surface area contributed by atoms with Gasteiger partial charge in [-0.05, 0) is 44.4 Å². The predicted octanol–water partition coefficient (Wildman–Crippen LogP) is 3.28. The highest BCUT2D eigenvalue weighted by Gasteiger charge is 2.35. The van der Waals surface area contributed by atoms with Crippen LogP contribution in [0.3, 0.4) is 0 Å². The molecule has 1 aliphatic heterocycles. The minimum atomic E-state index is -3.38. The number of sulfonamides is 1. The average Bonchev–Trinajstić information content (AvgIpc) is 2.82. The molecule has 4 heteroatoms. The molecule has 3 rings (SSSR count). The van der Waals surface area contributed by atoms with Crippen LogP contribution in [0, 0.1) is 12.8 Å². The molecule has 0 saturated carbocycles. The summed E-state index contributed by atoms with van der Waals surface area (Å²) in [7, 11) is -3.38. The fraction of sp³-hybridized carbons (Fsp3) is 0.412. The maximum Gasteiger partial charge on any atom is 0.243 e. The molecule has 112 valence electrons. The molecule has 1 heterocycles. The summed E-state index contributed by atoms with van der Waals surface area (Å²) >= 11 is 0. The Bertz CT molecular complexity index is 699. The third kappa shape index (κ3) is 2.70. The second-order valence-electron chi connectivity index (χ2n) is 5.99. The number of hydrogen-bond acceptors (Lipinski definition) is 2. The minimum absolute atomic E-state index is 0.257. The summed E-state index contributed by atoms with van der Waals surface area (Å²) in [6, 6.07) is 7.11. The third-order valence-corrected chi connectivity index (χ3v) is 6.28. The van der Waals surface area contributed by atoms with Crippen molar-refractivity contribution >= 4 is 10.0 Å². The lowest BCUT2D eigenvalue weighted by atomic mass is 9.98. The molecular weight excluding hydrogens is 282 g/mol. The average molecular weight is 303 g/mol. The van der Waals surface area contributed by atoms with Crippen LogP contribution in [0.1, 0.15) is 25.3 Å². The highest BCUT2D eigenvalue weighted by molar-refractivity contribution is 7.89. The van der Waals surface area contributed by atoms with Crippen molar-refractivity contribution in [2.75, 3.05) is 13.1 Å². The van der Waals surface area contributed by atoms with Crippen LogP contribution in [0.2, 0.25) is 0 Å². The molecule has 1 aromatic carbocycles. The summed E-state index contributed by atoms with van der Waals surface area (Å²) in [4.78, 5) is 0.395. The van der Waals surface area contributed by atoms with Gasteiger partial charge < -0.3 is 0 Å². The van der Waals surface area contributed by atoms with Crippen LogP contribution in [-0.4, -0.2) is 25.8 Å². The van der Waals surface area contributed by atoms with Gasteiger partial charge in [-0.1, -0.05) is 35.4 Å². The fourth-order valence-corrected chi connectivity index (χ4v) is 4.54. The van der Waals surface area contributed by atoms with Gasteiger partial charge in [-0.25, -0.2) is 8.42 Å². The number of hydrogen-bond donors (Lipinski definition) is 0. The van der Waals surface area contributed by atoms with Crippen molar-refractivity contribution < 1.29 is 8.42 Å². The number of benzene rings is 1. The molecule has 0 aromatic heterocycles. The first-order valence-corrected chi connectivity index (χ1v) is 8.84. The van der Waals surface area contributed by atoms with Gasteiger partial charge in [0, 0.05) is 19.0 Å². The third-order valence-electron chi connectivity index (χ3n) is 4.46. The maximum absolute atomic E-state index is 12.8. The van der Waals surface area contributed by atoms with Gasteiger partial charge in [-0.2, -0.15) is 4.31 Å². The molecule has 21 heavy (non-hydrogen) atoms. The summed E-state index contributed by atoms with van der Waals surface area (Å²) in [5.41, 5.74) is 3.72. The van der Waals surface area contributed by atoms with Gasteiger partial charge in [-0.15, -0.1) is 0 Å². The quantitative estimate of drug-likeness (QED) is 0.786. The van der Waals surface area contributed by atoms with E-state index in [0.717, 1.165) is 18.4 Å². The van der Waals surface area contributed by atoms with Gasteiger partial charge in [-0.3, -0.25) is 0 Å². The van der Waals surface area contributed by atoms with Crippen molar-refractivity contribution in [3.63, 3.8) is 0 Å². The summed E-state index contributed by atoms with van der Waals surface area (Å²) < 4.78 is 27.1. The molecular formula is C17H21NO2S. The number of allylic oxidation sites excluding steroid dienone is 2. The molecule has 2 aliphatic rings. The van der Waals surface area contributed by atoms with Crippen LogP contribution in [-0.2, 0) is 10.0 Å². The molecule has 0 spiro atoms. The molecule has 0 unspecified atom stereocenters. The van der Waals surface area contributed by atoms with Crippen molar-refractivity contribution in [2.24, 2.45) is 5.92 Å². The Kier molecular flexibility index (Phi) is 3.76. The van der Waals surface area contributed by atoms with E-state index in [1.54, 1.807) is 16.4 Å². The molecule has 1 aromatic rings. The van der Waals surface area contributed by atoms with Crippen LogP contribution >= 0.6 is 0 Å². The largest absolute Gasteiger partial charge is 0.243 e. The lowest BCUT2D eigenvalue weighted by Crippen LogP contribution is -2.28. The van der Waals surface area contributed by atoms with Crippen molar-refractivity contribution in [2.45, 2.75) is 31.6 Å². The minimum Gasteiger partial charge on any atom is -0.207 e. The highest BCUT2D eigenvalue weighted by Crippen LogP contribution is 2.34. The van der Waals surface area contributed by atoms with Gasteiger partial charge in [0.15, 0.2) is 0 Å². The maximum atomic E-state index is 12.8. The lowest BCUT2D eigenvalue weighted by molar-refractivity contribution is 0.471. The Balaban J connectivity index is 1.92. The molecule has 0 amide bonds. The topological polar surface area (TPSA) is 37.4 Å². The first-order chi connectivity index (χ1) is 9.98. The molecule has 0 N–H and O–H groups in total. The standard InChI is InChI=1S/C17H21NO2S/c1-13-7-9-16(10-8-13)21(19,20)18-11-15-6-4-3-5-14(2)17(15)12-18/h4,6-10,15H,3,5,11-12H2,1-2H3/t15-/m0/s1. The molecule has 1 aliphatic carbocycles. The molecule has 0 bridgehead atoms. The molecule has 0 radical (unpaired) electrons. The summed E-state index contributed by atoms with van der Waals surface area (Å²) in [5, 5.41) is 0. The van der Waals surface area contributed by atoms with E-state index in [1.807, 2.05) is 19.1 Å². The van der Waals surface area contributed by atoms with Crippen molar-refractivity contribution in [1.82, 2.24) is 4.31 Å². The Morgan fingerprint density at radius 2 is 1.86 bits per heavy atom. The first kappa shape index (κ1) is 14.5. The van der Waals surface area contributed by atoms with E-state index in [1.165, 1.54) is 11.1 Å². The summed E-state index contributed by atoms with van der Waals surface area (Å²) in [5.74, 6) is 0.257. The van der Waals surface area contributed by atoms with Crippen LogP contribution < -0.4 is 0 Å². The van der Waals surface area contributed by atoms with E-state index in [0.29, 0.717) is 18.0 Å². The van der Waals surface area contributed by atoms with E-state index in [4.69, 9.17) is 0 Å². The lowest BCUT2D eigenvalue weighted by Gasteiger charge is -2.16. The zero-order chi connectivity index (χ0) is 15.0. The number of fused-ring (bicyclic) bond motifs is 1. The number of aryl methyl sites for hydroxylation is 1. The molecule has 1 fully saturated rings. The van der Waals surface area contributed by atoms with Crippen LogP contribution in [0.4, 0.5) is 0 Å². The van der Waals surface area contributed by atoms with E-state index < -0.39 is 10.0 Å². The second kappa shape index (κ2) is 5.43. The Labute approximate surface area is 127 Å². The van der Waals surface area contributed by atoms with Gasteiger partial charge in [0.05, 0.1) is 4.90 Å². The van der Waals surface area contributed by atoms with Crippen molar-refractivity contribution in [1.29, 1.82) is 0 Å². The summed E-state index contributed by atoms with van der Waals surface area (Å²) in [6.45, 7) is 5.21. The van der Waals surface area contributed by atoms with Crippen molar-refractivity contribution in [3.05, 3.63) is 53.1 Å². The van der Waals surface area contributed by atoms with E-state index in [2.05, 4.69) is 19.1 Å². The zero-order valence-corrected chi connectivity index (χ0v) is 13.4. The number of rotatable bonds is 2. The second-order valence-corrected chi connectivity index (χ2v) is 7.93. The molecule has 1 saturated heterocycles. The van der Waals surface area contributed by atoms with Gasteiger partial charge >= 0.3 is 0 Å². The van der Waals surface area contributed by atoms with Gasteiger partial charge in [0.1, 0.15) is 0 Å². The van der Waals surface area contributed by atoms with Crippen LogP contribution in [0.15, 0.2) is 52.5 Å². The fourth-order valence-electron chi connectivity index (χ4n) is 3.09. The van der Waals surface area contributed by atoms with Crippen LogP contribution in [0.5, 0.6) is 0 Å². The van der Waals surface area contributed by atoms with E-state index >= 15 is 0 Å². The smallest absolute Gasteiger partial charge is 0.207 e. The first-order valence-electron chi connectivity index (χ1n) is 7.40. The monoisotopic (exact) mass is 303 g/mol. The Morgan fingerprint density at radius 1 is 1.14 bits per heavy atom. The SMILES string of the molecule is CC1=C2CN(S(=O)(=O)c3ccc(C)cc3)C[C@@H]2C=CCC1. The molecule has 1 atom stereocenters. The zero-order valence-electron chi connectivity index (χ0n) is 12.5. The van der Waals surface area contributed by atoms with Gasteiger partial charge in [0.25, 0.3) is 0 Å².